The Labute approximate surface area is 154 Å². The molecule has 24 heavy (non-hydrogen) atoms. The van der Waals surface area contributed by atoms with Crippen molar-refractivity contribution >= 4 is 50.9 Å². The van der Waals surface area contributed by atoms with Gasteiger partial charge >= 0.3 is 0 Å². The van der Waals surface area contributed by atoms with Crippen LogP contribution < -0.4 is 5.32 Å². The predicted octanol–water partition coefficient (Wildman–Crippen LogP) is 4.12. The van der Waals surface area contributed by atoms with E-state index in [0.717, 1.165) is 0 Å². The fraction of sp³-hybridized carbons (Fsp3) is 0.0714. The van der Waals surface area contributed by atoms with Gasteiger partial charge in [0.15, 0.2) is 5.82 Å². The molecule has 2 N–H and O–H groups in total. The molecule has 2 aromatic heterocycles. The van der Waals surface area contributed by atoms with E-state index in [4.69, 9.17) is 23.2 Å². The Morgan fingerprint density at radius 2 is 2.17 bits per heavy atom. The monoisotopic (exact) mass is 431 g/mol. The average Bonchev–Trinajstić information content (AvgIpc) is 3.09. The van der Waals surface area contributed by atoms with Crippen LogP contribution in [-0.4, -0.2) is 25.9 Å². The molecular formula is C14H9BrCl2FN5O. The van der Waals surface area contributed by atoms with Crippen molar-refractivity contribution in [1.82, 2.24) is 20.0 Å². The van der Waals surface area contributed by atoms with E-state index < -0.39 is 11.7 Å². The highest BCUT2D eigenvalue weighted by molar-refractivity contribution is 9.10. The third-order valence-corrected chi connectivity index (χ3v) is 4.38. The standard InChI is InChI=1S/C14H9BrCl2FN5O/c15-8-4-19-21-12(8)14(24)20-13-10(17)6-23(22-13)5-7-9(16)2-1-3-11(7)18/h1-4,6H,5H2,(H,19,21)(H,20,22,24). The molecule has 0 unspecified atom stereocenters. The molecular weight excluding hydrogens is 424 g/mol. The zero-order valence-electron chi connectivity index (χ0n) is 11.9. The van der Waals surface area contributed by atoms with Gasteiger partial charge in [0.1, 0.15) is 16.5 Å². The Balaban J connectivity index is 1.81. The number of H-pyrrole nitrogens is 1. The van der Waals surface area contributed by atoms with Crippen molar-refractivity contribution in [3.05, 3.63) is 62.2 Å². The summed E-state index contributed by atoms with van der Waals surface area (Å²) in [6, 6.07) is 4.42. The number of carbonyl (C=O) groups excluding carboxylic acids is 1. The van der Waals surface area contributed by atoms with Crippen LogP contribution in [0.3, 0.4) is 0 Å². The number of rotatable bonds is 4. The molecule has 0 spiro atoms. The number of anilines is 1. The van der Waals surface area contributed by atoms with Crippen LogP contribution in [-0.2, 0) is 6.54 Å². The molecule has 1 amide bonds. The average molecular weight is 433 g/mol. The maximum atomic E-state index is 13.8. The van der Waals surface area contributed by atoms with Gasteiger partial charge in [-0.3, -0.25) is 14.6 Å². The van der Waals surface area contributed by atoms with Crippen molar-refractivity contribution in [2.24, 2.45) is 0 Å². The smallest absolute Gasteiger partial charge is 0.276 e. The van der Waals surface area contributed by atoms with Gasteiger partial charge in [0, 0.05) is 16.8 Å². The van der Waals surface area contributed by atoms with Crippen molar-refractivity contribution in [2.75, 3.05) is 5.32 Å². The Kier molecular flexibility index (Phi) is 4.88. The maximum absolute atomic E-state index is 13.8. The lowest BCUT2D eigenvalue weighted by molar-refractivity contribution is 0.102. The summed E-state index contributed by atoms with van der Waals surface area (Å²) in [6.45, 7) is 0.0782. The van der Waals surface area contributed by atoms with Gasteiger partial charge in [-0.1, -0.05) is 29.3 Å². The molecule has 0 saturated heterocycles. The van der Waals surface area contributed by atoms with E-state index in [1.54, 1.807) is 6.07 Å². The minimum atomic E-state index is -0.463. The maximum Gasteiger partial charge on any atom is 0.276 e. The normalized spacial score (nSPS) is 10.8. The summed E-state index contributed by atoms with van der Waals surface area (Å²) in [6.07, 6.45) is 2.93. The van der Waals surface area contributed by atoms with E-state index in [0.29, 0.717) is 4.47 Å². The molecule has 124 valence electrons. The van der Waals surface area contributed by atoms with E-state index in [1.807, 2.05) is 0 Å². The van der Waals surface area contributed by atoms with Gasteiger partial charge in [-0.05, 0) is 28.1 Å². The number of hydrogen-bond acceptors (Lipinski definition) is 3. The minimum absolute atomic E-state index is 0.0782. The summed E-state index contributed by atoms with van der Waals surface area (Å²) in [5.74, 6) is -0.757. The zero-order chi connectivity index (χ0) is 17.3. The largest absolute Gasteiger partial charge is 0.302 e. The van der Waals surface area contributed by atoms with Gasteiger partial charge in [0.05, 0.1) is 17.2 Å². The fourth-order valence-corrected chi connectivity index (χ4v) is 2.80. The molecule has 0 aliphatic carbocycles. The number of hydrogen-bond donors (Lipinski definition) is 2. The van der Waals surface area contributed by atoms with Crippen LogP contribution in [0.2, 0.25) is 10.0 Å². The van der Waals surface area contributed by atoms with Gasteiger partial charge in [-0.15, -0.1) is 0 Å². The highest BCUT2D eigenvalue weighted by Crippen LogP contribution is 2.24. The van der Waals surface area contributed by atoms with E-state index in [-0.39, 0.29) is 33.7 Å². The molecule has 2 heterocycles. The summed E-state index contributed by atoms with van der Waals surface area (Å²) in [5.41, 5.74) is 0.519. The lowest BCUT2D eigenvalue weighted by Gasteiger charge is -2.06. The van der Waals surface area contributed by atoms with Crippen LogP contribution >= 0.6 is 39.1 Å². The first kappa shape index (κ1) is 16.9. The molecule has 0 atom stereocenters. The Morgan fingerprint density at radius 1 is 1.38 bits per heavy atom. The zero-order valence-corrected chi connectivity index (χ0v) is 15.0. The van der Waals surface area contributed by atoms with Gasteiger partial charge in [-0.2, -0.15) is 10.2 Å². The highest BCUT2D eigenvalue weighted by atomic mass is 79.9. The Bertz CT molecular complexity index is 890. The number of amides is 1. The SMILES string of the molecule is O=C(Nc1nn(Cc2c(F)cccc2Cl)cc1Cl)c1[nH]ncc1Br. The molecule has 0 aliphatic heterocycles. The van der Waals surface area contributed by atoms with E-state index in [2.05, 4.69) is 36.5 Å². The number of benzene rings is 1. The van der Waals surface area contributed by atoms with Crippen molar-refractivity contribution in [3.8, 4) is 0 Å². The fourth-order valence-electron chi connectivity index (χ4n) is 2.01. The number of halogens is 4. The van der Waals surface area contributed by atoms with Crippen LogP contribution in [0.4, 0.5) is 10.2 Å². The van der Waals surface area contributed by atoms with Crippen molar-refractivity contribution in [2.45, 2.75) is 6.54 Å². The second-order valence-corrected chi connectivity index (χ2v) is 6.44. The number of nitrogens with one attached hydrogen (secondary N) is 2. The molecule has 0 saturated carbocycles. The van der Waals surface area contributed by atoms with Crippen LogP contribution in [0.15, 0.2) is 35.1 Å². The van der Waals surface area contributed by atoms with Crippen molar-refractivity contribution < 1.29 is 9.18 Å². The van der Waals surface area contributed by atoms with Crippen LogP contribution in [0.25, 0.3) is 0 Å². The number of aromatic amines is 1. The number of nitrogens with zero attached hydrogens (tertiary/aromatic N) is 3. The van der Waals surface area contributed by atoms with Crippen molar-refractivity contribution in [3.63, 3.8) is 0 Å². The Hall–Kier alpha value is -1.90. The predicted molar refractivity (Wildman–Crippen MR) is 92.0 cm³/mol. The Morgan fingerprint density at radius 3 is 2.83 bits per heavy atom. The second-order valence-electron chi connectivity index (χ2n) is 4.77. The molecule has 0 radical (unpaired) electrons. The quantitative estimate of drug-likeness (QED) is 0.651. The molecule has 0 aliphatic rings. The van der Waals surface area contributed by atoms with Gasteiger partial charge < -0.3 is 5.32 Å². The second kappa shape index (κ2) is 6.92. The molecule has 6 nitrogen and oxygen atoms in total. The van der Waals surface area contributed by atoms with E-state index >= 15 is 0 Å². The molecule has 3 aromatic rings. The summed E-state index contributed by atoms with van der Waals surface area (Å²) < 4.78 is 15.7. The summed E-state index contributed by atoms with van der Waals surface area (Å²) in [4.78, 5) is 12.1. The summed E-state index contributed by atoms with van der Waals surface area (Å²) in [7, 11) is 0. The molecule has 3 rings (SSSR count). The third-order valence-electron chi connectivity index (χ3n) is 3.15. The van der Waals surface area contributed by atoms with E-state index in [1.165, 1.54) is 29.2 Å². The van der Waals surface area contributed by atoms with Crippen LogP contribution in [0.5, 0.6) is 0 Å². The van der Waals surface area contributed by atoms with Gasteiger partial charge in [0.25, 0.3) is 5.91 Å². The van der Waals surface area contributed by atoms with Crippen LogP contribution in [0, 0.1) is 5.82 Å². The van der Waals surface area contributed by atoms with E-state index in [9.17, 15) is 9.18 Å². The van der Waals surface area contributed by atoms with Crippen molar-refractivity contribution in [1.29, 1.82) is 0 Å². The first-order valence-corrected chi connectivity index (χ1v) is 8.16. The lowest BCUT2D eigenvalue weighted by Crippen LogP contribution is -2.14. The number of carbonyl (C=O) groups is 1. The molecule has 0 fully saturated rings. The first-order valence-electron chi connectivity index (χ1n) is 6.61. The minimum Gasteiger partial charge on any atom is -0.302 e. The number of aromatic nitrogens is 4. The summed E-state index contributed by atoms with van der Waals surface area (Å²) >= 11 is 15.3. The lowest BCUT2D eigenvalue weighted by atomic mass is 10.2. The molecule has 1 aromatic carbocycles. The van der Waals surface area contributed by atoms with Crippen LogP contribution in [0.1, 0.15) is 16.1 Å². The third kappa shape index (κ3) is 3.45. The first-order chi connectivity index (χ1) is 11.5. The van der Waals surface area contributed by atoms with Gasteiger partial charge in [0.2, 0.25) is 0 Å². The topological polar surface area (TPSA) is 75.6 Å². The highest BCUT2D eigenvalue weighted by Gasteiger charge is 2.17. The molecule has 0 bridgehead atoms. The van der Waals surface area contributed by atoms with Gasteiger partial charge in [-0.25, -0.2) is 4.39 Å². The molecule has 10 heteroatoms. The summed E-state index contributed by atoms with van der Waals surface area (Å²) in [5, 5.41) is 13.5.